The first-order valence-electron chi connectivity index (χ1n) is 14.5. The summed E-state index contributed by atoms with van der Waals surface area (Å²) < 4.78 is 9.11. The Balaban J connectivity index is 1.21. The molecule has 2 aliphatic rings. The normalized spacial score (nSPS) is 16.2. The third-order valence-corrected chi connectivity index (χ3v) is 7.89. The van der Waals surface area contributed by atoms with Crippen molar-refractivity contribution in [3.05, 3.63) is 47.8 Å². The molecule has 0 bridgehead atoms. The Morgan fingerprint density at radius 2 is 1.64 bits per heavy atom. The number of carbonyl (C=O) groups is 3. The number of benzene rings is 2. The molecule has 6 rings (SSSR count). The molecule has 0 spiro atoms. The fraction of sp³-hybridized carbons (Fsp3) is 0.452. The van der Waals surface area contributed by atoms with Crippen molar-refractivity contribution in [2.45, 2.75) is 64.1 Å². The van der Waals surface area contributed by atoms with Crippen molar-refractivity contribution in [3.8, 4) is 0 Å². The number of aryl methyl sites for hydroxylation is 2. The van der Waals surface area contributed by atoms with Gasteiger partial charge in [0, 0.05) is 79.4 Å². The van der Waals surface area contributed by atoms with Crippen molar-refractivity contribution >= 4 is 51.5 Å². The predicted octanol–water partition coefficient (Wildman–Crippen LogP) is 4.89. The van der Waals surface area contributed by atoms with Gasteiger partial charge in [-0.15, -0.1) is 0 Å². The van der Waals surface area contributed by atoms with Crippen LogP contribution >= 0.6 is 0 Å². The molecular weight excluding hydrogens is 534 g/mol. The van der Waals surface area contributed by atoms with E-state index >= 15 is 0 Å². The molecule has 2 aromatic carbocycles. The fourth-order valence-corrected chi connectivity index (χ4v) is 5.96. The number of amides is 2. The van der Waals surface area contributed by atoms with Crippen molar-refractivity contribution in [3.63, 3.8) is 0 Å². The van der Waals surface area contributed by atoms with Crippen LogP contribution in [0.5, 0.6) is 0 Å². The highest BCUT2D eigenvalue weighted by molar-refractivity contribution is 6.14. The van der Waals surface area contributed by atoms with E-state index in [2.05, 4.69) is 20.4 Å². The van der Waals surface area contributed by atoms with E-state index in [9.17, 15) is 14.4 Å². The van der Waals surface area contributed by atoms with Gasteiger partial charge in [0.15, 0.2) is 6.29 Å². The summed E-state index contributed by atoms with van der Waals surface area (Å²) in [6.07, 6.45) is 8.04. The maximum absolute atomic E-state index is 13.5. The van der Waals surface area contributed by atoms with Crippen LogP contribution in [0.2, 0.25) is 0 Å². The molecule has 3 heterocycles. The molecule has 2 fully saturated rings. The molecule has 11 nitrogen and oxygen atoms in total. The number of anilines is 2. The summed E-state index contributed by atoms with van der Waals surface area (Å²) in [7, 11) is 3.64. The van der Waals surface area contributed by atoms with Gasteiger partial charge in [-0.1, -0.05) is 0 Å². The summed E-state index contributed by atoms with van der Waals surface area (Å²) in [4.78, 5) is 42.5. The molecule has 220 valence electrons. The second-order valence-electron chi connectivity index (χ2n) is 12.4. The molecule has 2 amide bonds. The number of ether oxygens (including phenoxy) is 1. The van der Waals surface area contributed by atoms with Crippen LogP contribution in [0, 0.1) is 0 Å². The highest BCUT2D eigenvalue weighted by Crippen LogP contribution is 2.36. The van der Waals surface area contributed by atoms with Gasteiger partial charge in [-0.2, -0.15) is 10.2 Å². The van der Waals surface area contributed by atoms with Gasteiger partial charge in [-0.3, -0.25) is 19.0 Å². The summed E-state index contributed by atoms with van der Waals surface area (Å²) in [6.45, 7) is 7.29. The lowest BCUT2D eigenvalue weighted by molar-refractivity contribution is 0.0113. The smallest absolute Gasteiger partial charge is 0.410 e. The third kappa shape index (κ3) is 5.43. The van der Waals surface area contributed by atoms with Crippen molar-refractivity contribution in [2.24, 2.45) is 14.1 Å². The second-order valence-corrected chi connectivity index (χ2v) is 12.4. The monoisotopic (exact) mass is 571 g/mol. The predicted molar refractivity (Wildman–Crippen MR) is 161 cm³/mol. The van der Waals surface area contributed by atoms with Gasteiger partial charge in [0.05, 0.1) is 5.56 Å². The molecule has 42 heavy (non-hydrogen) atoms. The quantitative estimate of drug-likeness (QED) is 0.328. The molecule has 0 atom stereocenters. The highest BCUT2D eigenvalue weighted by Gasteiger charge is 2.41. The first-order chi connectivity index (χ1) is 20.0. The fourth-order valence-electron chi connectivity index (χ4n) is 5.96. The largest absolute Gasteiger partial charge is 0.444 e. The van der Waals surface area contributed by atoms with Crippen molar-refractivity contribution in [2.75, 3.05) is 23.3 Å². The highest BCUT2D eigenvalue weighted by atomic mass is 16.6. The van der Waals surface area contributed by atoms with Crippen molar-refractivity contribution in [1.29, 1.82) is 0 Å². The van der Waals surface area contributed by atoms with Crippen LogP contribution in [-0.4, -0.2) is 73.5 Å². The molecule has 1 aliphatic heterocycles. The Labute approximate surface area is 244 Å². The summed E-state index contributed by atoms with van der Waals surface area (Å²) in [5.41, 5.74) is 3.09. The molecule has 0 radical (unpaired) electrons. The SMILES string of the molecule is Cn1cc2cc(NC(=O)c3ccc(N4CCC(N(C(=O)OC(C)(C)C)C5CC5)CC4)c4cn(C)nc34)cc(C=O)c2n1. The van der Waals surface area contributed by atoms with E-state index in [1.807, 2.05) is 63.3 Å². The minimum Gasteiger partial charge on any atom is -0.444 e. The van der Waals surface area contributed by atoms with Gasteiger partial charge in [0.25, 0.3) is 5.91 Å². The molecule has 2 aromatic heterocycles. The van der Waals surface area contributed by atoms with Crippen LogP contribution in [-0.2, 0) is 18.8 Å². The lowest BCUT2D eigenvalue weighted by Gasteiger charge is -2.40. The molecule has 1 aliphatic carbocycles. The van der Waals surface area contributed by atoms with E-state index in [-0.39, 0.29) is 24.1 Å². The number of aldehydes is 1. The molecule has 4 aromatic rings. The van der Waals surface area contributed by atoms with Crippen molar-refractivity contribution < 1.29 is 19.1 Å². The summed E-state index contributed by atoms with van der Waals surface area (Å²) in [5.74, 6) is -0.304. The van der Waals surface area contributed by atoms with Gasteiger partial charge < -0.3 is 19.9 Å². The average Bonchev–Trinajstić information content (AvgIpc) is 3.55. The minimum absolute atomic E-state index is 0.145. The minimum atomic E-state index is -0.521. The Hall–Kier alpha value is -4.41. The zero-order chi connectivity index (χ0) is 29.8. The lowest BCUT2D eigenvalue weighted by Crippen LogP contribution is -2.50. The molecule has 1 saturated heterocycles. The average molecular weight is 572 g/mol. The first-order valence-corrected chi connectivity index (χ1v) is 14.5. The number of hydrogen-bond acceptors (Lipinski definition) is 7. The van der Waals surface area contributed by atoms with Crippen LogP contribution in [0.25, 0.3) is 21.8 Å². The second kappa shape index (κ2) is 10.5. The Morgan fingerprint density at radius 3 is 2.31 bits per heavy atom. The van der Waals surface area contributed by atoms with Crippen LogP contribution in [0.3, 0.4) is 0 Å². The van der Waals surface area contributed by atoms with Gasteiger partial charge in [-0.25, -0.2) is 4.79 Å². The van der Waals surface area contributed by atoms with Gasteiger partial charge in [-0.05, 0) is 70.7 Å². The number of hydrogen-bond donors (Lipinski definition) is 1. The summed E-state index contributed by atoms with van der Waals surface area (Å²) >= 11 is 0. The Morgan fingerprint density at radius 1 is 0.976 bits per heavy atom. The Bertz CT molecular complexity index is 1690. The maximum Gasteiger partial charge on any atom is 0.410 e. The number of rotatable bonds is 6. The standard InChI is InChI=1S/C31H37N7O4/c1-31(2,3)42-30(41)38(22-6-7-22)23-10-12-37(13-11-23)26-9-8-24(28-25(26)17-36(5)34-28)29(40)32-21-14-19-16-35(4)33-27(19)20(15-21)18-39/h8-9,14-18,22-23H,6-7,10-13H2,1-5H3,(H,32,40). The number of aromatic nitrogens is 4. The van der Waals surface area contributed by atoms with E-state index in [1.165, 1.54) is 0 Å². The molecule has 1 saturated carbocycles. The van der Waals surface area contributed by atoms with E-state index in [0.717, 1.165) is 61.5 Å². The molecular formula is C31H37N7O4. The van der Waals surface area contributed by atoms with Crippen molar-refractivity contribution in [1.82, 2.24) is 24.5 Å². The molecule has 11 heteroatoms. The van der Waals surface area contributed by atoms with Gasteiger partial charge in [0.1, 0.15) is 16.6 Å². The number of carbonyl (C=O) groups excluding carboxylic acids is 3. The Kier molecular flexibility index (Phi) is 6.90. The number of nitrogens with zero attached hydrogens (tertiary/aromatic N) is 6. The van der Waals surface area contributed by atoms with E-state index < -0.39 is 5.60 Å². The zero-order valence-electron chi connectivity index (χ0n) is 24.8. The van der Waals surface area contributed by atoms with Crippen LogP contribution < -0.4 is 10.2 Å². The maximum atomic E-state index is 13.5. The van der Waals surface area contributed by atoms with E-state index in [4.69, 9.17) is 4.74 Å². The summed E-state index contributed by atoms with van der Waals surface area (Å²) in [6, 6.07) is 7.66. The zero-order valence-corrected chi connectivity index (χ0v) is 24.8. The topological polar surface area (TPSA) is 115 Å². The van der Waals surface area contributed by atoms with Gasteiger partial charge >= 0.3 is 6.09 Å². The van der Waals surface area contributed by atoms with Crippen LogP contribution in [0.15, 0.2) is 36.7 Å². The number of nitrogens with one attached hydrogen (secondary N) is 1. The van der Waals surface area contributed by atoms with Gasteiger partial charge in [0.2, 0.25) is 0 Å². The van der Waals surface area contributed by atoms with Crippen LogP contribution in [0.4, 0.5) is 16.2 Å². The number of fused-ring (bicyclic) bond motifs is 2. The summed E-state index contributed by atoms with van der Waals surface area (Å²) in [5, 5.41) is 13.6. The lowest BCUT2D eigenvalue weighted by atomic mass is 10.0. The van der Waals surface area contributed by atoms with Crippen LogP contribution in [0.1, 0.15) is 67.2 Å². The molecule has 1 N–H and O–H groups in total. The molecule has 0 unspecified atom stereocenters. The van der Waals surface area contributed by atoms with E-state index in [0.29, 0.717) is 27.8 Å². The first kappa shape index (κ1) is 27.7. The van der Waals surface area contributed by atoms with E-state index in [1.54, 1.807) is 22.5 Å². The third-order valence-electron chi connectivity index (χ3n) is 7.89. The number of piperidine rings is 1.